The van der Waals surface area contributed by atoms with E-state index in [1.54, 1.807) is 42.5 Å². The number of aromatic nitrogens is 2. The largest absolute Gasteiger partial charge is 0.483 e. The van der Waals surface area contributed by atoms with Crippen LogP contribution in [0.2, 0.25) is 0 Å². The van der Waals surface area contributed by atoms with E-state index in [9.17, 15) is 22.8 Å². The number of hydrogen-bond donors (Lipinski definition) is 4. The van der Waals surface area contributed by atoms with E-state index < -0.39 is 45.7 Å². The molecule has 0 radical (unpaired) electrons. The maximum Gasteiger partial charge on any atom is 0.321 e. The van der Waals surface area contributed by atoms with Crippen LogP contribution >= 0.6 is 11.8 Å². The number of urea groups is 1. The molecule has 3 aromatic carbocycles. The van der Waals surface area contributed by atoms with Crippen molar-refractivity contribution in [2.24, 2.45) is 5.41 Å². The Kier molecular flexibility index (Phi) is 13.9. The highest BCUT2D eigenvalue weighted by Crippen LogP contribution is 2.47. The topological polar surface area (TPSA) is 172 Å². The van der Waals surface area contributed by atoms with E-state index in [4.69, 9.17) is 4.74 Å². The van der Waals surface area contributed by atoms with E-state index in [-0.39, 0.29) is 35.4 Å². The molecule has 0 bridgehead atoms. The maximum atomic E-state index is 14.3. The summed E-state index contributed by atoms with van der Waals surface area (Å²) in [5.74, 6) is -0.676. The minimum Gasteiger partial charge on any atom is -0.483 e. The fourth-order valence-corrected chi connectivity index (χ4v) is 9.13. The summed E-state index contributed by atoms with van der Waals surface area (Å²) in [6, 6.07) is 22.0. The van der Waals surface area contributed by atoms with Crippen LogP contribution < -0.4 is 30.9 Å². The number of unbranched alkanes of at least 4 members (excludes halogenated alkanes) is 1. The molecule has 4 amide bonds. The van der Waals surface area contributed by atoms with E-state index in [0.29, 0.717) is 29.1 Å². The van der Waals surface area contributed by atoms with Gasteiger partial charge in [0.15, 0.2) is 16.4 Å². The van der Waals surface area contributed by atoms with Crippen LogP contribution in [0, 0.1) is 5.41 Å². The monoisotopic (exact) mass is 773 g/mol. The molecule has 0 saturated heterocycles. The zero-order chi connectivity index (χ0) is 38.6. The number of carbonyl (C=O) groups is 3. The summed E-state index contributed by atoms with van der Waals surface area (Å²) in [5.41, 5.74) is 1.56. The van der Waals surface area contributed by atoms with Crippen molar-refractivity contribution in [2.75, 3.05) is 48.5 Å². The normalized spacial score (nSPS) is 16.6. The minimum atomic E-state index is -3.78. The van der Waals surface area contributed by atoms with Gasteiger partial charge in [0.2, 0.25) is 11.9 Å². The zero-order valence-corrected chi connectivity index (χ0v) is 32.3. The van der Waals surface area contributed by atoms with Gasteiger partial charge in [0.05, 0.1) is 21.2 Å². The van der Waals surface area contributed by atoms with Crippen LogP contribution in [0.3, 0.4) is 0 Å². The summed E-state index contributed by atoms with van der Waals surface area (Å²) in [6.07, 6.45) is 8.22. The van der Waals surface area contributed by atoms with Crippen molar-refractivity contribution in [3.05, 3.63) is 96.8 Å². The maximum absolute atomic E-state index is 14.3. The van der Waals surface area contributed by atoms with Gasteiger partial charge in [0, 0.05) is 49.2 Å². The lowest BCUT2D eigenvalue weighted by Crippen LogP contribution is -2.44. The van der Waals surface area contributed by atoms with Gasteiger partial charge < -0.3 is 25.6 Å². The molecule has 286 valence electrons. The van der Waals surface area contributed by atoms with Crippen LogP contribution in [0.15, 0.2) is 101 Å². The fourth-order valence-electron chi connectivity index (χ4n) is 6.41. The number of sulfone groups is 1. The highest BCUT2D eigenvalue weighted by atomic mass is 32.2. The molecule has 2 heterocycles. The van der Waals surface area contributed by atoms with E-state index in [1.165, 1.54) is 24.2 Å². The van der Waals surface area contributed by atoms with Gasteiger partial charge in [0.1, 0.15) is 11.8 Å². The number of rotatable bonds is 16. The molecule has 0 aliphatic carbocycles. The van der Waals surface area contributed by atoms with Crippen molar-refractivity contribution in [3.8, 4) is 5.75 Å². The van der Waals surface area contributed by atoms with Gasteiger partial charge in [-0.2, -0.15) is 0 Å². The lowest BCUT2D eigenvalue weighted by molar-refractivity contribution is -0.130. The molecule has 2 atom stereocenters. The summed E-state index contributed by atoms with van der Waals surface area (Å²) in [6.45, 7) is 4.43. The summed E-state index contributed by atoms with van der Waals surface area (Å²) in [4.78, 5) is 49.7. The van der Waals surface area contributed by atoms with E-state index in [2.05, 4.69) is 50.0 Å². The summed E-state index contributed by atoms with van der Waals surface area (Å²) < 4.78 is 34.6. The molecule has 1 unspecified atom stereocenters. The molecule has 1 aromatic heterocycles. The summed E-state index contributed by atoms with van der Waals surface area (Å²) in [5, 5.41) is 10.6. The molecular formula is C39H47N7O6S2. The number of nitrogens with zero attached hydrogens (tertiary/aromatic N) is 3. The third kappa shape index (κ3) is 10.3. The van der Waals surface area contributed by atoms with Crippen LogP contribution in [0.5, 0.6) is 5.75 Å². The van der Waals surface area contributed by atoms with Gasteiger partial charge in [-0.3, -0.25) is 14.9 Å². The third-order valence-corrected chi connectivity index (χ3v) is 12.0. The molecule has 0 fully saturated rings. The number of benzene rings is 3. The number of amides is 4. The first-order valence-corrected chi connectivity index (χ1v) is 20.8. The van der Waals surface area contributed by atoms with Gasteiger partial charge in [-0.15, -0.1) is 11.8 Å². The molecule has 54 heavy (non-hydrogen) atoms. The molecule has 15 heteroatoms. The van der Waals surface area contributed by atoms with Crippen LogP contribution in [-0.4, -0.2) is 74.5 Å². The predicted octanol–water partition coefficient (Wildman–Crippen LogP) is 5.88. The molecule has 4 N–H and O–H groups in total. The number of thioether (sulfide) groups is 1. The first-order valence-electron chi connectivity index (χ1n) is 17.9. The Labute approximate surface area is 321 Å². The van der Waals surface area contributed by atoms with Crippen molar-refractivity contribution in [3.63, 3.8) is 0 Å². The number of fused-ring (bicyclic) bond motifs is 1. The molecule has 4 aromatic rings. The lowest BCUT2D eigenvalue weighted by atomic mass is 9.81. The highest BCUT2D eigenvalue weighted by Gasteiger charge is 2.42. The van der Waals surface area contributed by atoms with Crippen molar-refractivity contribution >= 4 is 56.8 Å². The van der Waals surface area contributed by atoms with Crippen molar-refractivity contribution < 1.29 is 27.5 Å². The Hall–Kier alpha value is -5.15. The molecule has 13 nitrogen and oxygen atoms in total. The smallest absolute Gasteiger partial charge is 0.321 e. The number of ether oxygens (including phenoxy) is 1. The predicted molar refractivity (Wildman–Crippen MR) is 211 cm³/mol. The fraction of sp³-hybridized carbons (Fsp3) is 0.359. The third-order valence-electron chi connectivity index (χ3n) is 9.30. The number of hydrogen-bond acceptors (Lipinski definition) is 10. The van der Waals surface area contributed by atoms with Crippen LogP contribution in [0.1, 0.15) is 51.1 Å². The average molecular weight is 774 g/mol. The first-order chi connectivity index (χ1) is 26.1. The van der Waals surface area contributed by atoms with E-state index in [1.807, 2.05) is 42.7 Å². The second-order valence-corrected chi connectivity index (χ2v) is 15.9. The Morgan fingerprint density at radius 3 is 2.30 bits per heavy atom. The highest BCUT2D eigenvalue weighted by molar-refractivity contribution is 7.98. The van der Waals surface area contributed by atoms with Gasteiger partial charge >= 0.3 is 6.03 Å². The number of anilines is 3. The van der Waals surface area contributed by atoms with Gasteiger partial charge in [-0.1, -0.05) is 75.2 Å². The van der Waals surface area contributed by atoms with Crippen LogP contribution in [-0.2, 0) is 19.4 Å². The molecule has 1 aliphatic heterocycles. The average Bonchev–Trinajstić information content (AvgIpc) is 3.28. The number of nitrogens with one attached hydrogen (secondary N) is 4. The Bertz CT molecular complexity index is 1990. The molecule has 5 rings (SSSR count). The Morgan fingerprint density at radius 1 is 0.944 bits per heavy atom. The number of para-hydroxylation sites is 1. The van der Waals surface area contributed by atoms with Gasteiger partial charge in [-0.25, -0.2) is 23.2 Å². The van der Waals surface area contributed by atoms with E-state index in [0.717, 1.165) is 24.9 Å². The van der Waals surface area contributed by atoms with Gasteiger partial charge in [-0.05, 0) is 48.9 Å². The summed E-state index contributed by atoms with van der Waals surface area (Å²) >= 11 is 1.39. The zero-order valence-electron chi connectivity index (χ0n) is 30.7. The van der Waals surface area contributed by atoms with E-state index >= 15 is 0 Å². The quantitative estimate of drug-likeness (QED) is 0.0796. The van der Waals surface area contributed by atoms with Crippen molar-refractivity contribution in [1.82, 2.24) is 25.9 Å². The first kappa shape index (κ1) is 40.0. The van der Waals surface area contributed by atoms with Crippen molar-refractivity contribution in [2.45, 2.75) is 55.4 Å². The second kappa shape index (κ2) is 18.7. The molecule has 0 spiro atoms. The van der Waals surface area contributed by atoms with Gasteiger partial charge in [0.25, 0.3) is 5.91 Å². The second-order valence-electron chi connectivity index (χ2n) is 13.1. The molecule has 1 aliphatic rings. The van der Waals surface area contributed by atoms with Crippen molar-refractivity contribution in [1.29, 1.82) is 0 Å². The Balaban J connectivity index is 1.31. The summed E-state index contributed by atoms with van der Waals surface area (Å²) in [7, 11) is -3.78. The Morgan fingerprint density at radius 2 is 1.63 bits per heavy atom. The molecular weight excluding hydrogens is 727 g/mol. The van der Waals surface area contributed by atoms with Crippen LogP contribution in [0.4, 0.5) is 22.1 Å². The molecule has 0 saturated carbocycles. The standard InChI is InChI=1S/C39H47N7O6S2/c1-4-6-18-39(5-2)26-46(29-16-11-8-12-17-29)30-23-32(53-3)31(24-33(30)54(50,51)27-39)52-25-34(47)44-35(28-14-9-7-10-15-28)36(48)40-21-22-43-38(49)45-37-41-19-13-20-42-37/h7-17,19-20,23-24,35H,4-6,18,21-22,25-27H2,1-3H3,(H,40,48)(H,44,47)(H2,41,42,43,45,49)/t35-,39?/m1/s1. The SMILES string of the molecule is CCCCC1(CC)CN(c2ccccc2)c2cc(SC)c(OCC(=O)N[C@@H](C(=O)NCCNC(=O)Nc3ncccn3)c3ccccc3)cc2S(=O)(=O)C1. The minimum absolute atomic E-state index is 0.000869. The van der Waals surface area contributed by atoms with Crippen LogP contribution in [0.25, 0.3) is 0 Å². The number of carbonyl (C=O) groups excluding carboxylic acids is 3. The lowest BCUT2D eigenvalue weighted by Gasteiger charge is -2.36.